The van der Waals surface area contributed by atoms with Crippen molar-refractivity contribution in [1.29, 1.82) is 5.26 Å². The molecule has 1 aromatic carbocycles. The van der Waals surface area contributed by atoms with Crippen LogP contribution < -0.4 is 10.1 Å². The topological polar surface area (TPSA) is 75.0 Å². The maximum absolute atomic E-state index is 13.9. The van der Waals surface area contributed by atoms with Crippen LogP contribution in [0.4, 0.5) is 10.1 Å². The second-order valence-electron chi connectivity index (χ2n) is 4.29. The molecule has 5 nitrogen and oxygen atoms in total. The molecule has 0 aliphatic heterocycles. The molecule has 6 heteroatoms. The quantitative estimate of drug-likeness (QED) is 0.861. The Morgan fingerprint density at radius 2 is 2.27 bits per heavy atom. The average molecular weight is 297 g/mol. The summed E-state index contributed by atoms with van der Waals surface area (Å²) in [5.41, 5.74) is 1.28. The van der Waals surface area contributed by atoms with Gasteiger partial charge in [0, 0.05) is 18.0 Å². The number of amides is 1. The second-order valence-corrected chi connectivity index (χ2v) is 4.29. The highest BCUT2D eigenvalue weighted by molar-refractivity contribution is 5.98. The zero-order chi connectivity index (χ0) is 15.9. The summed E-state index contributed by atoms with van der Waals surface area (Å²) in [5, 5.41) is 11.2. The van der Waals surface area contributed by atoms with Gasteiger partial charge in [0.05, 0.1) is 0 Å². The highest BCUT2D eigenvalue weighted by Crippen LogP contribution is 2.22. The molecule has 0 bridgehead atoms. The number of aromatic nitrogens is 1. The predicted octanol–water partition coefficient (Wildman–Crippen LogP) is 2.80. The molecule has 0 spiro atoms. The van der Waals surface area contributed by atoms with Crippen molar-refractivity contribution in [2.45, 2.75) is 6.61 Å². The van der Waals surface area contributed by atoms with Crippen LogP contribution in [-0.2, 0) is 11.4 Å². The molecule has 0 saturated carbocycles. The van der Waals surface area contributed by atoms with E-state index >= 15 is 0 Å². The van der Waals surface area contributed by atoms with E-state index in [0.29, 0.717) is 11.3 Å². The highest BCUT2D eigenvalue weighted by Gasteiger charge is 2.07. The van der Waals surface area contributed by atoms with E-state index in [4.69, 9.17) is 10.00 Å². The zero-order valence-electron chi connectivity index (χ0n) is 11.5. The van der Waals surface area contributed by atoms with Gasteiger partial charge in [-0.1, -0.05) is 6.58 Å². The number of carbonyl (C=O) groups excluding carboxylic acids is 1. The normalized spacial score (nSPS) is 9.64. The van der Waals surface area contributed by atoms with Crippen molar-refractivity contribution in [3.63, 3.8) is 0 Å². The lowest BCUT2D eigenvalue weighted by atomic mass is 10.2. The van der Waals surface area contributed by atoms with Crippen molar-refractivity contribution >= 4 is 11.6 Å². The largest absolute Gasteiger partial charge is 0.486 e. The Balaban J connectivity index is 2.05. The molecule has 0 saturated heterocycles. The summed E-state index contributed by atoms with van der Waals surface area (Å²) < 4.78 is 19.2. The SMILES string of the molecule is C=CC(=O)Nc1ccc(OCc2ccnc(C#N)c2)c(F)c1. The van der Waals surface area contributed by atoms with Crippen LogP contribution in [0.1, 0.15) is 11.3 Å². The Morgan fingerprint density at radius 3 is 2.95 bits per heavy atom. The third-order valence-corrected chi connectivity index (χ3v) is 2.72. The molecular formula is C16H12FN3O2. The van der Waals surface area contributed by atoms with E-state index in [1.54, 1.807) is 12.1 Å². The lowest BCUT2D eigenvalue weighted by molar-refractivity contribution is -0.111. The number of anilines is 1. The van der Waals surface area contributed by atoms with E-state index in [9.17, 15) is 9.18 Å². The summed E-state index contributed by atoms with van der Waals surface area (Å²) in [6.07, 6.45) is 2.58. The summed E-state index contributed by atoms with van der Waals surface area (Å²) in [6.45, 7) is 3.42. The van der Waals surface area contributed by atoms with E-state index in [1.807, 2.05) is 6.07 Å². The summed E-state index contributed by atoms with van der Waals surface area (Å²) in [5.74, 6) is -0.975. The highest BCUT2D eigenvalue weighted by atomic mass is 19.1. The number of ether oxygens (including phenoxy) is 1. The third-order valence-electron chi connectivity index (χ3n) is 2.72. The van der Waals surface area contributed by atoms with Crippen LogP contribution in [0.3, 0.4) is 0 Å². The Hall–Kier alpha value is -3.20. The van der Waals surface area contributed by atoms with Crippen LogP contribution in [0.2, 0.25) is 0 Å². The molecule has 1 N–H and O–H groups in total. The molecule has 22 heavy (non-hydrogen) atoms. The summed E-state index contributed by atoms with van der Waals surface area (Å²) in [6, 6.07) is 9.26. The lowest BCUT2D eigenvalue weighted by Crippen LogP contribution is -2.07. The number of rotatable bonds is 5. The molecule has 0 atom stereocenters. The summed E-state index contributed by atoms with van der Waals surface area (Å²) in [7, 11) is 0. The van der Waals surface area contributed by atoms with E-state index in [2.05, 4.69) is 16.9 Å². The monoisotopic (exact) mass is 297 g/mol. The maximum atomic E-state index is 13.9. The molecule has 0 fully saturated rings. The molecule has 1 heterocycles. The second kappa shape index (κ2) is 6.99. The molecule has 0 aliphatic carbocycles. The van der Waals surface area contributed by atoms with Crippen LogP contribution in [0.25, 0.3) is 0 Å². The fourth-order valence-corrected chi connectivity index (χ4v) is 1.68. The van der Waals surface area contributed by atoms with Crippen molar-refractivity contribution in [3.05, 3.63) is 66.3 Å². The minimum absolute atomic E-state index is 0.0481. The van der Waals surface area contributed by atoms with E-state index in [0.717, 1.165) is 12.1 Å². The fourth-order valence-electron chi connectivity index (χ4n) is 1.68. The van der Waals surface area contributed by atoms with Gasteiger partial charge in [-0.05, 0) is 35.9 Å². The number of pyridine rings is 1. The van der Waals surface area contributed by atoms with Crippen LogP contribution in [0.15, 0.2) is 49.2 Å². The Bertz CT molecular complexity index is 753. The molecule has 110 valence electrons. The van der Waals surface area contributed by atoms with Crippen molar-refractivity contribution in [3.8, 4) is 11.8 Å². The van der Waals surface area contributed by atoms with Crippen molar-refractivity contribution < 1.29 is 13.9 Å². The average Bonchev–Trinajstić information content (AvgIpc) is 2.54. The smallest absolute Gasteiger partial charge is 0.247 e. The van der Waals surface area contributed by atoms with E-state index in [1.165, 1.54) is 18.3 Å². The van der Waals surface area contributed by atoms with Crippen LogP contribution in [0, 0.1) is 17.1 Å². The molecule has 0 unspecified atom stereocenters. The number of nitrogens with zero attached hydrogens (tertiary/aromatic N) is 2. The van der Waals surface area contributed by atoms with Gasteiger partial charge in [0.15, 0.2) is 11.6 Å². The molecule has 2 aromatic rings. The summed E-state index contributed by atoms with van der Waals surface area (Å²) >= 11 is 0. The van der Waals surface area contributed by atoms with Gasteiger partial charge in [0.25, 0.3) is 0 Å². The van der Waals surface area contributed by atoms with E-state index < -0.39 is 11.7 Å². The third kappa shape index (κ3) is 3.90. The van der Waals surface area contributed by atoms with Gasteiger partial charge in [0.2, 0.25) is 5.91 Å². The first-order valence-electron chi connectivity index (χ1n) is 6.33. The van der Waals surface area contributed by atoms with Crippen molar-refractivity contribution in [1.82, 2.24) is 4.98 Å². The van der Waals surface area contributed by atoms with Crippen molar-refractivity contribution in [2.75, 3.05) is 5.32 Å². The number of halogens is 1. The molecular weight excluding hydrogens is 285 g/mol. The first-order chi connectivity index (χ1) is 10.6. The van der Waals surface area contributed by atoms with Gasteiger partial charge in [-0.2, -0.15) is 5.26 Å². The summed E-state index contributed by atoms with van der Waals surface area (Å²) in [4.78, 5) is 15.0. The van der Waals surface area contributed by atoms with Gasteiger partial charge < -0.3 is 10.1 Å². The maximum Gasteiger partial charge on any atom is 0.247 e. The Morgan fingerprint density at radius 1 is 1.45 bits per heavy atom. The fraction of sp³-hybridized carbons (Fsp3) is 0.0625. The Kier molecular flexibility index (Phi) is 4.83. The van der Waals surface area contributed by atoms with Gasteiger partial charge in [-0.3, -0.25) is 4.79 Å². The molecule has 1 aromatic heterocycles. The first kappa shape index (κ1) is 15.2. The van der Waals surface area contributed by atoms with Crippen LogP contribution in [0.5, 0.6) is 5.75 Å². The van der Waals surface area contributed by atoms with Crippen molar-refractivity contribution in [2.24, 2.45) is 0 Å². The molecule has 0 aliphatic rings. The number of hydrogen-bond donors (Lipinski definition) is 1. The number of nitrogens with one attached hydrogen (secondary N) is 1. The zero-order valence-corrected chi connectivity index (χ0v) is 11.5. The molecule has 0 radical (unpaired) electrons. The standard InChI is InChI=1S/C16H12FN3O2/c1-2-16(21)20-12-3-4-15(14(17)8-12)22-10-11-5-6-19-13(7-11)9-18/h2-8H,1,10H2,(H,20,21). The number of hydrogen-bond acceptors (Lipinski definition) is 4. The minimum atomic E-state index is -0.601. The van der Waals surface area contributed by atoms with E-state index in [-0.39, 0.29) is 18.1 Å². The van der Waals surface area contributed by atoms with Gasteiger partial charge in [-0.15, -0.1) is 0 Å². The van der Waals surface area contributed by atoms with Crippen LogP contribution in [-0.4, -0.2) is 10.9 Å². The molecule has 1 amide bonds. The van der Waals surface area contributed by atoms with Gasteiger partial charge >= 0.3 is 0 Å². The van der Waals surface area contributed by atoms with Gasteiger partial charge in [-0.25, -0.2) is 9.37 Å². The number of nitriles is 1. The number of carbonyl (C=O) groups is 1. The Labute approximate surface area is 126 Å². The molecule has 2 rings (SSSR count). The number of benzene rings is 1. The van der Waals surface area contributed by atoms with Crippen LogP contribution >= 0.6 is 0 Å². The predicted molar refractivity (Wildman–Crippen MR) is 78.5 cm³/mol. The van der Waals surface area contributed by atoms with Gasteiger partial charge in [0.1, 0.15) is 18.4 Å². The minimum Gasteiger partial charge on any atom is -0.486 e. The first-order valence-corrected chi connectivity index (χ1v) is 6.33. The lowest BCUT2D eigenvalue weighted by Gasteiger charge is -2.09.